The maximum Gasteiger partial charge on any atom is 0.245 e. The molecule has 0 aromatic heterocycles. The largest absolute Gasteiger partial charge is 0.373 e. The van der Waals surface area contributed by atoms with Gasteiger partial charge in [-0.15, -0.1) is 0 Å². The molecule has 0 spiro atoms. The van der Waals surface area contributed by atoms with E-state index >= 15 is 0 Å². The van der Waals surface area contributed by atoms with Gasteiger partial charge >= 0.3 is 0 Å². The molecule has 0 aromatic carbocycles. The molecule has 120 valence electrons. The fourth-order valence-electron chi connectivity index (χ4n) is 3.37. The second kappa shape index (κ2) is 6.34. The van der Waals surface area contributed by atoms with Gasteiger partial charge in [-0.3, -0.25) is 9.59 Å². The highest BCUT2D eigenvalue weighted by atomic mass is 16.5. The van der Waals surface area contributed by atoms with Crippen LogP contribution in [0.3, 0.4) is 0 Å². The van der Waals surface area contributed by atoms with Crippen LogP contribution >= 0.6 is 0 Å². The third-order valence-electron chi connectivity index (χ3n) is 4.48. The third-order valence-corrected chi connectivity index (χ3v) is 4.48. The van der Waals surface area contributed by atoms with Gasteiger partial charge in [0.2, 0.25) is 11.8 Å². The van der Waals surface area contributed by atoms with Crippen molar-refractivity contribution in [2.75, 3.05) is 13.2 Å². The number of nitrogens with one attached hydrogen (secondary N) is 1. The fraction of sp³-hybridized carbons (Fsp3) is 0.875. The van der Waals surface area contributed by atoms with Crippen molar-refractivity contribution in [3.8, 4) is 0 Å². The normalized spacial score (nSPS) is 33.7. The van der Waals surface area contributed by atoms with Gasteiger partial charge in [-0.25, -0.2) is 0 Å². The minimum Gasteiger partial charge on any atom is -0.373 e. The summed E-state index contributed by atoms with van der Waals surface area (Å²) in [5, 5.41) is 2.89. The summed E-state index contributed by atoms with van der Waals surface area (Å²) < 4.78 is 5.81. The average molecular weight is 296 g/mol. The highest BCUT2D eigenvalue weighted by Gasteiger charge is 2.43. The van der Waals surface area contributed by atoms with E-state index in [1.807, 2.05) is 13.8 Å². The molecular formula is C16H28N2O3. The van der Waals surface area contributed by atoms with E-state index in [0.29, 0.717) is 25.3 Å². The maximum atomic E-state index is 12.8. The first-order valence-corrected chi connectivity index (χ1v) is 8.11. The van der Waals surface area contributed by atoms with Gasteiger partial charge < -0.3 is 15.0 Å². The number of amides is 2. The Balaban J connectivity index is 2.16. The molecule has 2 aliphatic rings. The van der Waals surface area contributed by atoms with Gasteiger partial charge in [-0.2, -0.15) is 0 Å². The van der Waals surface area contributed by atoms with Gasteiger partial charge in [0, 0.05) is 6.61 Å². The molecule has 2 aliphatic heterocycles. The van der Waals surface area contributed by atoms with E-state index < -0.39 is 0 Å². The Bertz CT molecular complexity index is 402. The zero-order valence-electron chi connectivity index (χ0n) is 13.6. The number of piperazine rings is 1. The van der Waals surface area contributed by atoms with Crippen LogP contribution in [0.1, 0.15) is 53.4 Å². The first-order chi connectivity index (χ1) is 9.86. The first-order valence-electron chi connectivity index (χ1n) is 8.11. The van der Waals surface area contributed by atoms with Crippen LogP contribution < -0.4 is 5.32 Å². The molecule has 2 heterocycles. The minimum absolute atomic E-state index is 0.0238. The van der Waals surface area contributed by atoms with Crippen LogP contribution in [0.5, 0.6) is 0 Å². The van der Waals surface area contributed by atoms with E-state index in [-0.39, 0.29) is 29.5 Å². The second-order valence-electron chi connectivity index (χ2n) is 6.98. The van der Waals surface area contributed by atoms with Gasteiger partial charge in [-0.1, -0.05) is 20.8 Å². The number of ether oxygens (including phenoxy) is 1. The Morgan fingerprint density at radius 3 is 2.67 bits per heavy atom. The molecule has 3 atom stereocenters. The van der Waals surface area contributed by atoms with E-state index in [2.05, 4.69) is 19.2 Å². The zero-order valence-corrected chi connectivity index (χ0v) is 13.6. The fourth-order valence-corrected chi connectivity index (χ4v) is 3.37. The Morgan fingerprint density at radius 2 is 2.14 bits per heavy atom. The molecule has 2 saturated heterocycles. The van der Waals surface area contributed by atoms with Crippen molar-refractivity contribution in [1.82, 2.24) is 10.2 Å². The number of hydrogen-bond acceptors (Lipinski definition) is 3. The van der Waals surface area contributed by atoms with Crippen LogP contribution in [-0.2, 0) is 14.3 Å². The van der Waals surface area contributed by atoms with Crippen molar-refractivity contribution in [3.05, 3.63) is 0 Å². The lowest BCUT2D eigenvalue weighted by atomic mass is 9.94. The molecule has 0 saturated carbocycles. The minimum atomic E-state index is -0.384. The molecule has 5 nitrogen and oxygen atoms in total. The van der Waals surface area contributed by atoms with E-state index in [9.17, 15) is 9.59 Å². The lowest BCUT2D eigenvalue weighted by Gasteiger charge is -2.42. The summed E-state index contributed by atoms with van der Waals surface area (Å²) in [6.45, 7) is 9.40. The molecule has 0 bridgehead atoms. The number of carbonyl (C=O) groups excluding carboxylic acids is 2. The second-order valence-corrected chi connectivity index (χ2v) is 6.98. The highest BCUT2D eigenvalue weighted by Crippen LogP contribution is 2.29. The molecule has 2 fully saturated rings. The Labute approximate surface area is 127 Å². The monoisotopic (exact) mass is 296 g/mol. The third kappa shape index (κ3) is 3.57. The summed E-state index contributed by atoms with van der Waals surface area (Å²) in [4.78, 5) is 26.8. The van der Waals surface area contributed by atoms with Crippen LogP contribution in [0.15, 0.2) is 0 Å². The predicted molar refractivity (Wildman–Crippen MR) is 80.8 cm³/mol. The smallest absolute Gasteiger partial charge is 0.245 e. The molecular weight excluding hydrogens is 268 g/mol. The molecule has 2 rings (SSSR count). The van der Waals surface area contributed by atoms with E-state index in [1.54, 1.807) is 4.90 Å². The van der Waals surface area contributed by atoms with Crippen molar-refractivity contribution < 1.29 is 14.3 Å². The summed E-state index contributed by atoms with van der Waals surface area (Å²) in [6, 6.07) is -0.743. The Hall–Kier alpha value is -1.10. The van der Waals surface area contributed by atoms with Crippen molar-refractivity contribution in [2.24, 2.45) is 5.92 Å². The number of carbonyl (C=O) groups is 2. The van der Waals surface area contributed by atoms with Crippen LogP contribution in [0.25, 0.3) is 0 Å². The Morgan fingerprint density at radius 1 is 1.43 bits per heavy atom. The topological polar surface area (TPSA) is 58.6 Å². The summed E-state index contributed by atoms with van der Waals surface area (Å²) in [7, 11) is 0. The van der Waals surface area contributed by atoms with Crippen LogP contribution in [-0.4, -0.2) is 47.6 Å². The van der Waals surface area contributed by atoms with Crippen molar-refractivity contribution in [2.45, 2.75) is 71.1 Å². The SMILES string of the molecule is CCC1C(=O)NC(CC(C)C)C(=O)N1CC1(C)CCCO1. The lowest BCUT2D eigenvalue weighted by molar-refractivity contribution is -0.153. The number of rotatable bonds is 5. The van der Waals surface area contributed by atoms with Crippen LogP contribution in [0, 0.1) is 5.92 Å². The average Bonchev–Trinajstić information content (AvgIpc) is 2.82. The van der Waals surface area contributed by atoms with E-state index in [0.717, 1.165) is 19.4 Å². The van der Waals surface area contributed by atoms with Gasteiger partial charge in [-0.05, 0) is 38.5 Å². The maximum absolute atomic E-state index is 12.8. The lowest BCUT2D eigenvalue weighted by Crippen LogP contribution is -2.65. The van der Waals surface area contributed by atoms with Gasteiger partial charge in [0.1, 0.15) is 12.1 Å². The van der Waals surface area contributed by atoms with Crippen LogP contribution in [0.4, 0.5) is 0 Å². The van der Waals surface area contributed by atoms with E-state index in [1.165, 1.54) is 0 Å². The quantitative estimate of drug-likeness (QED) is 0.840. The molecule has 5 heteroatoms. The van der Waals surface area contributed by atoms with Crippen molar-refractivity contribution in [1.29, 1.82) is 0 Å². The zero-order chi connectivity index (χ0) is 15.6. The van der Waals surface area contributed by atoms with E-state index in [4.69, 9.17) is 4.74 Å². The van der Waals surface area contributed by atoms with Crippen molar-refractivity contribution >= 4 is 11.8 Å². The summed E-state index contributed by atoms with van der Waals surface area (Å²) in [6.07, 6.45) is 3.30. The first kappa shape index (κ1) is 16.3. The van der Waals surface area contributed by atoms with Gasteiger partial charge in [0.25, 0.3) is 0 Å². The number of nitrogens with zero attached hydrogens (tertiary/aromatic N) is 1. The van der Waals surface area contributed by atoms with Crippen molar-refractivity contribution in [3.63, 3.8) is 0 Å². The summed E-state index contributed by atoms with van der Waals surface area (Å²) >= 11 is 0. The molecule has 2 amide bonds. The molecule has 1 N–H and O–H groups in total. The summed E-state index contributed by atoms with van der Waals surface area (Å²) in [5.41, 5.74) is -0.302. The van der Waals surface area contributed by atoms with Crippen LogP contribution in [0.2, 0.25) is 0 Å². The molecule has 21 heavy (non-hydrogen) atoms. The number of hydrogen-bond donors (Lipinski definition) is 1. The highest BCUT2D eigenvalue weighted by molar-refractivity contribution is 5.97. The predicted octanol–water partition coefficient (Wildman–Crippen LogP) is 1.71. The summed E-state index contributed by atoms with van der Waals surface area (Å²) in [5.74, 6) is 0.397. The van der Waals surface area contributed by atoms with Gasteiger partial charge in [0.15, 0.2) is 0 Å². The molecule has 0 radical (unpaired) electrons. The molecule has 0 aromatic rings. The standard InChI is InChI=1S/C16H28N2O3/c1-5-13-14(19)17-12(9-11(2)3)15(20)18(13)10-16(4)7-6-8-21-16/h11-13H,5-10H2,1-4H3,(H,17,19). The molecule has 0 aliphatic carbocycles. The molecule has 3 unspecified atom stereocenters. The van der Waals surface area contributed by atoms with Gasteiger partial charge in [0.05, 0.1) is 12.1 Å². The Kier molecular flexibility index (Phi) is 4.91.